The van der Waals surface area contributed by atoms with E-state index in [1.807, 2.05) is 46.7 Å². The van der Waals surface area contributed by atoms with Gasteiger partial charge in [0.15, 0.2) is 0 Å². The summed E-state index contributed by atoms with van der Waals surface area (Å²) >= 11 is 1.57. The monoisotopic (exact) mass is 493 g/mol. The second-order valence-electron chi connectivity index (χ2n) is 8.81. The number of halogens is 1. The van der Waals surface area contributed by atoms with Gasteiger partial charge < -0.3 is 19.4 Å². The molecule has 2 amide bonds. The highest BCUT2D eigenvalue weighted by Gasteiger charge is 2.46. The van der Waals surface area contributed by atoms with E-state index >= 15 is 0 Å². The molecule has 0 aliphatic carbocycles. The van der Waals surface area contributed by atoms with E-state index in [0.717, 1.165) is 16.1 Å². The normalized spacial score (nSPS) is 20.2. The van der Waals surface area contributed by atoms with Gasteiger partial charge in [-0.05, 0) is 47.3 Å². The first-order chi connectivity index (χ1) is 17.1. The summed E-state index contributed by atoms with van der Waals surface area (Å²) in [4.78, 5) is 34.5. The Bertz CT molecular complexity index is 1180. The number of thiophene rings is 1. The zero-order valence-corrected chi connectivity index (χ0v) is 20.4. The van der Waals surface area contributed by atoms with Gasteiger partial charge in [0.1, 0.15) is 5.82 Å². The van der Waals surface area contributed by atoms with Crippen LogP contribution in [0.1, 0.15) is 32.8 Å². The Kier molecular flexibility index (Phi) is 6.83. The Morgan fingerprint density at radius 3 is 2.46 bits per heavy atom. The predicted octanol–water partition coefficient (Wildman–Crippen LogP) is 4.16. The second kappa shape index (κ2) is 10.2. The van der Waals surface area contributed by atoms with Crippen molar-refractivity contribution in [2.24, 2.45) is 0 Å². The number of piperazine rings is 1. The van der Waals surface area contributed by atoms with E-state index < -0.39 is 5.92 Å². The van der Waals surface area contributed by atoms with Gasteiger partial charge in [0, 0.05) is 56.0 Å². The number of amides is 2. The van der Waals surface area contributed by atoms with Crippen LogP contribution in [0.4, 0.5) is 10.1 Å². The molecule has 2 aromatic carbocycles. The molecule has 3 aromatic rings. The molecule has 1 saturated heterocycles. The zero-order valence-electron chi connectivity index (χ0n) is 19.6. The highest BCUT2D eigenvalue weighted by molar-refractivity contribution is 7.10. The maximum absolute atomic E-state index is 14.1. The maximum Gasteiger partial charge on any atom is 0.254 e. The summed E-state index contributed by atoms with van der Waals surface area (Å²) in [5.74, 6) is -0.784. The smallest absolute Gasteiger partial charge is 0.254 e. The van der Waals surface area contributed by atoms with Gasteiger partial charge in [-0.3, -0.25) is 9.59 Å². The Hall–Kier alpha value is -3.23. The minimum Gasteiger partial charge on any atom is -0.383 e. The van der Waals surface area contributed by atoms with Crippen LogP contribution in [0.15, 0.2) is 66.0 Å². The fourth-order valence-corrected chi connectivity index (χ4v) is 5.98. The van der Waals surface area contributed by atoms with Crippen LogP contribution in [0.25, 0.3) is 0 Å². The van der Waals surface area contributed by atoms with Crippen molar-refractivity contribution in [3.8, 4) is 0 Å². The van der Waals surface area contributed by atoms with Crippen LogP contribution in [0.2, 0.25) is 0 Å². The first kappa shape index (κ1) is 23.5. The molecule has 2 aliphatic heterocycles. The first-order valence-corrected chi connectivity index (χ1v) is 12.7. The molecule has 1 aromatic heterocycles. The summed E-state index contributed by atoms with van der Waals surface area (Å²) in [6, 6.07) is 17.5. The SMILES string of the molecule is COCCN1C(=O)c2ccccc2[C@H](C(=O)N2CCN(c3ccc(F)cc3)CC2)[C@@H]1c1cccs1. The Balaban J connectivity index is 1.45. The average molecular weight is 494 g/mol. The second-order valence-corrected chi connectivity index (χ2v) is 9.78. The number of nitrogens with zero attached hydrogens (tertiary/aromatic N) is 3. The van der Waals surface area contributed by atoms with Crippen LogP contribution in [-0.4, -0.2) is 68.1 Å². The molecule has 0 N–H and O–H groups in total. The van der Waals surface area contributed by atoms with Crippen LogP contribution in [0.5, 0.6) is 0 Å². The molecule has 0 radical (unpaired) electrons. The number of anilines is 1. The van der Waals surface area contributed by atoms with E-state index in [4.69, 9.17) is 4.74 Å². The van der Waals surface area contributed by atoms with Gasteiger partial charge in [-0.25, -0.2) is 4.39 Å². The van der Waals surface area contributed by atoms with E-state index in [1.165, 1.54) is 12.1 Å². The summed E-state index contributed by atoms with van der Waals surface area (Å²) in [5, 5.41) is 1.98. The van der Waals surface area contributed by atoms with Crippen molar-refractivity contribution >= 4 is 28.8 Å². The minimum absolute atomic E-state index is 0.0320. The molecule has 2 atom stereocenters. The Labute approximate surface area is 208 Å². The number of hydrogen-bond donors (Lipinski definition) is 0. The number of carbonyl (C=O) groups excluding carboxylic acids is 2. The quantitative estimate of drug-likeness (QED) is 0.518. The van der Waals surface area contributed by atoms with Crippen molar-refractivity contribution in [3.05, 3.63) is 87.9 Å². The van der Waals surface area contributed by atoms with Gasteiger partial charge in [0.25, 0.3) is 5.91 Å². The van der Waals surface area contributed by atoms with Crippen molar-refractivity contribution < 1.29 is 18.7 Å². The van der Waals surface area contributed by atoms with Crippen LogP contribution in [0.3, 0.4) is 0 Å². The molecule has 35 heavy (non-hydrogen) atoms. The molecule has 8 heteroatoms. The fourth-order valence-electron chi connectivity index (χ4n) is 5.10. The minimum atomic E-state index is -0.489. The average Bonchev–Trinajstić information content (AvgIpc) is 3.43. The summed E-state index contributed by atoms with van der Waals surface area (Å²) in [6.07, 6.45) is 0. The Morgan fingerprint density at radius 1 is 1.03 bits per heavy atom. The lowest BCUT2D eigenvalue weighted by Gasteiger charge is -2.44. The molecular formula is C27H28FN3O3S. The van der Waals surface area contributed by atoms with Crippen molar-refractivity contribution in [2.75, 3.05) is 51.3 Å². The summed E-state index contributed by atoms with van der Waals surface area (Å²) in [7, 11) is 1.62. The topological polar surface area (TPSA) is 53.1 Å². The zero-order chi connectivity index (χ0) is 24.4. The van der Waals surface area contributed by atoms with E-state index in [2.05, 4.69) is 4.90 Å². The molecule has 2 aliphatic rings. The van der Waals surface area contributed by atoms with Gasteiger partial charge in [-0.15, -0.1) is 11.3 Å². The highest BCUT2D eigenvalue weighted by atomic mass is 32.1. The molecule has 6 nitrogen and oxygen atoms in total. The third-order valence-electron chi connectivity index (χ3n) is 6.86. The van der Waals surface area contributed by atoms with Crippen LogP contribution in [-0.2, 0) is 9.53 Å². The molecule has 1 fully saturated rings. The van der Waals surface area contributed by atoms with Gasteiger partial charge in [0.2, 0.25) is 5.91 Å². The van der Waals surface area contributed by atoms with Crippen molar-refractivity contribution in [1.29, 1.82) is 0 Å². The van der Waals surface area contributed by atoms with Crippen molar-refractivity contribution in [3.63, 3.8) is 0 Å². The molecule has 0 bridgehead atoms. The lowest BCUT2D eigenvalue weighted by molar-refractivity contribution is -0.135. The van der Waals surface area contributed by atoms with E-state index in [0.29, 0.717) is 44.9 Å². The van der Waals surface area contributed by atoms with Crippen molar-refractivity contribution in [2.45, 2.75) is 12.0 Å². The largest absolute Gasteiger partial charge is 0.383 e. The van der Waals surface area contributed by atoms with Gasteiger partial charge in [0.05, 0.1) is 18.6 Å². The summed E-state index contributed by atoms with van der Waals surface area (Å²) in [6.45, 7) is 3.28. The molecule has 3 heterocycles. The lowest BCUT2D eigenvalue weighted by atomic mass is 9.81. The molecule has 0 saturated carbocycles. The third-order valence-corrected chi connectivity index (χ3v) is 7.80. The molecule has 5 rings (SSSR count). The van der Waals surface area contributed by atoms with Gasteiger partial charge >= 0.3 is 0 Å². The Morgan fingerprint density at radius 2 is 1.77 bits per heavy atom. The number of methoxy groups -OCH3 is 1. The third kappa shape index (κ3) is 4.56. The van der Waals surface area contributed by atoms with Crippen molar-refractivity contribution in [1.82, 2.24) is 9.80 Å². The first-order valence-electron chi connectivity index (χ1n) is 11.8. The molecule has 0 spiro atoms. The van der Waals surface area contributed by atoms with Gasteiger partial charge in [-0.2, -0.15) is 0 Å². The molecule has 182 valence electrons. The number of benzene rings is 2. The maximum atomic E-state index is 14.1. The molecule has 0 unspecified atom stereocenters. The number of carbonyl (C=O) groups is 2. The summed E-state index contributed by atoms with van der Waals surface area (Å²) < 4.78 is 18.6. The number of fused-ring (bicyclic) bond motifs is 1. The number of ether oxygens (including phenoxy) is 1. The summed E-state index contributed by atoms with van der Waals surface area (Å²) in [5.41, 5.74) is 2.32. The van der Waals surface area contributed by atoms with Crippen LogP contribution >= 0.6 is 11.3 Å². The standard InChI is InChI=1S/C27H28FN3O3S/c1-34-17-16-31-25(23-7-4-18-35-23)24(21-5-2-3-6-22(21)26(31)32)27(33)30-14-12-29(13-15-30)20-10-8-19(28)9-11-20/h2-11,18,24-25H,12-17H2,1H3/t24-,25-/m0/s1. The fraction of sp³-hybridized carbons (Fsp3) is 0.333. The van der Waals surface area contributed by atoms with E-state index in [9.17, 15) is 14.0 Å². The predicted molar refractivity (Wildman–Crippen MR) is 134 cm³/mol. The molecular weight excluding hydrogens is 465 g/mol. The lowest BCUT2D eigenvalue weighted by Crippen LogP contribution is -2.53. The van der Waals surface area contributed by atoms with Crippen LogP contribution in [0, 0.1) is 5.82 Å². The van der Waals surface area contributed by atoms with Gasteiger partial charge in [-0.1, -0.05) is 24.3 Å². The number of hydrogen-bond acceptors (Lipinski definition) is 5. The van der Waals surface area contributed by atoms with Crippen LogP contribution < -0.4 is 4.90 Å². The van der Waals surface area contributed by atoms with E-state index in [-0.39, 0.29) is 23.7 Å². The highest BCUT2D eigenvalue weighted by Crippen LogP contribution is 2.45. The van der Waals surface area contributed by atoms with E-state index in [1.54, 1.807) is 35.5 Å². The number of rotatable bonds is 6.